The lowest BCUT2D eigenvalue weighted by Gasteiger charge is -2.35. The number of hydrogen-bond donors (Lipinski definition) is 1. The average molecular weight is 633 g/mol. The van der Waals surface area contributed by atoms with Crippen LogP contribution < -0.4 is 9.64 Å². The van der Waals surface area contributed by atoms with E-state index in [2.05, 4.69) is 33.5 Å². The van der Waals surface area contributed by atoms with E-state index in [0.717, 1.165) is 67.3 Å². The van der Waals surface area contributed by atoms with Gasteiger partial charge in [-0.1, -0.05) is 36.7 Å². The number of halogens is 2. The Hall–Kier alpha value is -3.66. The summed E-state index contributed by atoms with van der Waals surface area (Å²) in [6.07, 6.45) is 3.10. The first kappa shape index (κ1) is 30.0. The Bertz CT molecular complexity index is 1750. The number of hydrogen-bond acceptors (Lipinski definition) is 6. The third-order valence-electron chi connectivity index (χ3n) is 9.77. The fourth-order valence-corrected chi connectivity index (χ4v) is 7.44. The molecule has 3 aliphatic heterocycles. The van der Waals surface area contributed by atoms with E-state index in [1.54, 1.807) is 30.3 Å². The van der Waals surface area contributed by atoms with Gasteiger partial charge in [-0.2, -0.15) is 0 Å². The number of likely N-dealkylation sites (N-methyl/N-ethyl adjacent to an activating group) is 1. The maximum atomic E-state index is 15.1. The van der Waals surface area contributed by atoms with Crippen LogP contribution >= 0.6 is 11.6 Å². The predicted molar refractivity (Wildman–Crippen MR) is 172 cm³/mol. The van der Waals surface area contributed by atoms with E-state index in [1.165, 1.54) is 11.6 Å². The first-order valence-corrected chi connectivity index (χ1v) is 16.0. The molecule has 0 aliphatic carbocycles. The first-order chi connectivity index (χ1) is 21.7. The van der Waals surface area contributed by atoms with Gasteiger partial charge in [-0.05, 0) is 85.8 Å². The summed E-state index contributed by atoms with van der Waals surface area (Å²) in [5.74, 6) is 0.890. The van der Waals surface area contributed by atoms with E-state index in [1.807, 2.05) is 13.0 Å². The summed E-state index contributed by atoms with van der Waals surface area (Å²) in [6, 6.07) is 16.3. The zero-order valence-electron chi connectivity index (χ0n) is 25.6. The Balaban J connectivity index is 1.08. The van der Waals surface area contributed by atoms with Gasteiger partial charge in [-0.25, -0.2) is 14.2 Å². The SMILES string of the molecule is CN1CC(C)(c2ccc(Cl)cc2F)COc2cccc(C3CCN(Cc4nc5ccc(C(=O)O)cc5n4C[C@@H]4CCO4)CC3)c21. The van der Waals surface area contributed by atoms with Crippen LogP contribution in [-0.2, 0) is 23.2 Å². The van der Waals surface area contributed by atoms with Gasteiger partial charge in [-0.3, -0.25) is 4.90 Å². The molecule has 0 amide bonds. The summed E-state index contributed by atoms with van der Waals surface area (Å²) in [4.78, 5) is 21.3. The molecule has 2 atom stereocenters. The number of piperidine rings is 1. The van der Waals surface area contributed by atoms with Crippen LogP contribution in [0.2, 0.25) is 5.02 Å². The minimum atomic E-state index is -0.940. The quantitative estimate of drug-likeness (QED) is 0.250. The number of likely N-dealkylation sites (tertiary alicyclic amines) is 1. The Morgan fingerprint density at radius 2 is 1.93 bits per heavy atom. The summed E-state index contributed by atoms with van der Waals surface area (Å²) in [5, 5.41) is 9.96. The molecule has 4 heterocycles. The molecule has 1 unspecified atom stereocenters. The number of fused-ring (bicyclic) bond motifs is 2. The van der Waals surface area contributed by atoms with Gasteiger partial charge in [-0.15, -0.1) is 0 Å². The minimum Gasteiger partial charge on any atom is -0.490 e. The van der Waals surface area contributed by atoms with Crippen molar-refractivity contribution in [3.8, 4) is 5.75 Å². The number of anilines is 1. The van der Waals surface area contributed by atoms with Crippen molar-refractivity contribution >= 4 is 34.3 Å². The molecule has 2 saturated heterocycles. The van der Waals surface area contributed by atoms with Gasteiger partial charge >= 0.3 is 5.97 Å². The highest BCUT2D eigenvalue weighted by Gasteiger charge is 2.37. The maximum absolute atomic E-state index is 15.1. The van der Waals surface area contributed by atoms with Crippen LogP contribution in [0.25, 0.3) is 11.0 Å². The van der Waals surface area contributed by atoms with E-state index in [0.29, 0.717) is 42.7 Å². The van der Waals surface area contributed by atoms with Gasteiger partial charge in [0.05, 0.1) is 48.1 Å². The first-order valence-electron chi connectivity index (χ1n) is 15.7. The van der Waals surface area contributed by atoms with Gasteiger partial charge in [0, 0.05) is 30.6 Å². The van der Waals surface area contributed by atoms with Crippen molar-refractivity contribution in [2.24, 2.45) is 0 Å². The van der Waals surface area contributed by atoms with Crippen LogP contribution in [0.4, 0.5) is 10.1 Å². The smallest absolute Gasteiger partial charge is 0.335 e. The molecule has 3 aliphatic rings. The number of para-hydroxylation sites is 1. The van der Waals surface area contributed by atoms with Gasteiger partial charge in [0.25, 0.3) is 0 Å². The molecule has 4 aromatic rings. The van der Waals surface area contributed by atoms with Crippen LogP contribution in [0.1, 0.15) is 59.4 Å². The summed E-state index contributed by atoms with van der Waals surface area (Å²) in [6.45, 7) is 6.98. The van der Waals surface area contributed by atoms with E-state index in [-0.39, 0.29) is 17.5 Å². The second-order valence-corrected chi connectivity index (χ2v) is 13.4. The normalized spacial score (nSPS) is 22.5. The van der Waals surface area contributed by atoms with Crippen LogP contribution in [0.5, 0.6) is 5.75 Å². The molecule has 8 nitrogen and oxygen atoms in total. The number of aromatic carboxylic acids is 1. The number of aromatic nitrogens is 2. The van der Waals surface area contributed by atoms with Crippen LogP contribution in [0, 0.1) is 5.82 Å². The summed E-state index contributed by atoms with van der Waals surface area (Å²) in [5.41, 5.74) is 4.33. The fourth-order valence-electron chi connectivity index (χ4n) is 7.29. The average Bonchev–Trinajstić information content (AvgIpc) is 3.26. The van der Waals surface area contributed by atoms with Crippen molar-refractivity contribution in [2.45, 2.75) is 56.7 Å². The number of nitrogens with zero attached hydrogens (tertiary/aromatic N) is 4. The van der Waals surface area contributed by atoms with Gasteiger partial charge < -0.3 is 24.0 Å². The zero-order chi connectivity index (χ0) is 31.3. The summed E-state index contributed by atoms with van der Waals surface area (Å²) < 4.78 is 29.3. The molecule has 3 aromatic carbocycles. The Kier molecular flexibility index (Phi) is 7.96. The van der Waals surface area contributed by atoms with Crippen LogP contribution in [0.3, 0.4) is 0 Å². The van der Waals surface area contributed by atoms with Crippen molar-refractivity contribution in [1.29, 1.82) is 0 Å². The second kappa shape index (κ2) is 11.9. The molecule has 236 valence electrons. The number of rotatable bonds is 7. The van der Waals surface area contributed by atoms with Gasteiger partial charge in [0.15, 0.2) is 0 Å². The Morgan fingerprint density at radius 3 is 2.64 bits per heavy atom. The van der Waals surface area contributed by atoms with E-state index < -0.39 is 11.4 Å². The Labute approximate surface area is 267 Å². The fraction of sp³-hybridized carbons (Fsp3) is 0.429. The third-order valence-corrected chi connectivity index (χ3v) is 10.0. The van der Waals surface area contributed by atoms with Gasteiger partial charge in [0.2, 0.25) is 0 Å². The Morgan fingerprint density at radius 1 is 1.13 bits per heavy atom. The van der Waals surface area contributed by atoms with Crippen molar-refractivity contribution < 1.29 is 23.8 Å². The number of carboxylic acids is 1. The lowest BCUT2D eigenvalue weighted by Crippen LogP contribution is -2.40. The molecule has 0 bridgehead atoms. The van der Waals surface area contributed by atoms with Gasteiger partial charge in [0.1, 0.15) is 17.4 Å². The monoisotopic (exact) mass is 632 g/mol. The molecule has 0 radical (unpaired) electrons. The van der Waals surface area contributed by atoms with Crippen molar-refractivity contribution in [1.82, 2.24) is 14.5 Å². The summed E-state index contributed by atoms with van der Waals surface area (Å²) in [7, 11) is 2.07. The molecule has 1 aromatic heterocycles. The molecular formula is C35H38ClFN4O4. The molecule has 10 heteroatoms. The molecule has 1 N–H and O–H groups in total. The molecule has 0 spiro atoms. The highest BCUT2D eigenvalue weighted by atomic mass is 35.5. The number of carbonyl (C=O) groups is 1. The second-order valence-electron chi connectivity index (χ2n) is 13.0. The largest absolute Gasteiger partial charge is 0.490 e. The van der Waals surface area contributed by atoms with E-state index in [9.17, 15) is 9.90 Å². The zero-order valence-corrected chi connectivity index (χ0v) is 26.4. The summed E-state index contributed by atoms with van der Waals surface area (Å²) >= 11 is 6.05. The van der Waals surface area contributed by atoms with E-state index in [4.69, 9.17) is 26.1 Å². The van der Waals surface area contributed by atoms with Crippen LogP contribution in [-0.4, -0.2) is 71.5 Å². The highest BCUT2D eigenvalue weighted by molar-refractivity contribution is 6.30. The van der Waals surface area contributed by atoms with Crippen molar-refractivity contribution in [3.63, 3.8) is 0 Å². The molecule has 7 rings (SSSR count). The molecule has 0 saturated carbocycles. The lowest BCUT2D eigenvalue weighted by atomic mass is 9.82. The molecule has 2 fully saturated rings. The van der Waals surface area contributed by atoms with E-state index >= 15 is 4.39 Å². The van der Waals surface area contributed by atoms with Crippen molar-refractivity contribution in [3.05, 3.63) is 88.0 Å². The molecular weight excluding hydrogens is 595 g/mol. The number of imidazole rings is 1. The highest BCUT2D eigenvalue weighted by Crippen LogP contribution is 2.44. The van der Waals surface area contributed by atoms with Crippen molar-refractivity contribution in [2.75, 3.05) is 44.8 Å². The third kappa shape index (κ3) is 5.77. The topological polar surface area (TPSA) is 80.1 Å². The molecule has 45 heavy (non-hydrogen) atoms. The number of carboxylic acid groups (broad SMARTS) is 1. The lowest BCUT2D eigenvalue weighted by molar-refractivity contribution is -0.0592. The minimum absolute atomic E-state index is 0.131. The maximum Gasteiger partial charge on any atom is 0.335 e. The van der Waals surface area contributed by atoms with Crippen LogP contribution in [0.15, 0.2) is 54.6 Å². The standard InChI is InChI=1S/C35H38ClFN4O4/c1-35(27-8-7-24(36)17-28(27)37)20-39(2)33-26(4-3-5-31(33)45-21-35)22-10-13-40(14-11-22)19-32-38-29-9-6-23(34(42)43)16-30(29)41(32)18-25-12-15-44-25/h3-9,16-17,22,25H,10-15,18-21H2,1-2H3,(H,42,43)/t25-,35?/m0/s1. The predicted octanol–water partition coefficient (Wildman–Crippen LogP) is 6.48. The number of benzene rings is 3. The number of ether oxygens (including phenoxy) is 2.